The highest BCUT2D eigenvalue weighted by molar-refractivity contribution is 9.10. The van der Waals surface area contributed by atoms with Crippen LogP contribution in [-0.4, -0.2) is 31.3 Å². The molecule has 0 amide bonds. The Morgan fingerprint density at radius 1 is 1.47 bits per heavy atom. The van der Waals surface area contributed by atoms with Crippen molar-refractivity contribution in [2.75, 3.05) is 18.1 Å². The monoisotopic (exact) mass is 326 g/mol. The molecule has 3 nitrogen and oxygen atoms in total. The smallest absolute Gasteiger partial charge is 0.0723 e. The van der Waals surface area contributed by atoms with Gasteiger partial charge in [0, 0.05) is 23.1 Å². The number of nitrogens with two attached hydrogens (primary N) is 1. The maximum absolute atomic E-state index is 5.85. The van der Waals surface area contributed by atoms with E-state index >= 15 is 0 Å². The number of halogens is 1. The van der Waals surface area contributed by atoms with E-state index < -0.39 is 0 Å². The molecule has 1 aromatic rings. The Morgan fingerprint density at radius 3 is 2.84 bits per heavy atom. The summed E-state index contributed by atoms with van der Waals surface area (Å²) < 4.78 is 6.83. The van der Waals surface area contributed by atoms with Crippen molar-refractivity contribution in [2.24, 2.45) is 5.73 Å². The second kappa shape index (κ2) is 6.25. The van der Waals surface area contributed by atoms with Gasteiger partial charge < -0.3 is 15.4 Å². The normalized spacial score (nSPS) is 25.4. The molecule has 0 saturated carbocycles. The first-order valence-electron chi connectivity index (χ1n) is 6.89. The molecule has 2 rings (SSSR count). The third kappa shape index (κ3) is 3.71. The Hall–Kier alpha value is -0.580. The Labute approximate surface area is 124 Å². The van der Waals surface area contributed by atoms with Crippen molar-refractivity contribution in [1.29, 1.82) is 0 Å². The summed E-state index contributed by atoms with van der Waals surface area (Å²) in [7, 11) is 0. The van der Waals surface area contributed by atoms with Gasteiger partial charge >= 0.3 is 0 Å². The molecule has 19 heavy (non-hydrogen) atoms. The van der Waals surface area contributed by atoms with Crippen LogP contribution >= 0.6 is 15.9 Å². The lowest BCUT2D eigenvalue weighted by Crippen LogP contribution is -2.47. The number of hydrogen-bond acceptors (Lipinski definition) is 3. The van der Waals surface area contributed by atoms with Crippen LogP contribution in [0.2, 0.25) is 0 Å². The van der Waals surface area contributed by atoms with Crippen LogP contribution in [0.3, 0.4) is 0 Å². The molecule has 106 valence electrons. The van der Waals surface area contributed by atoms with Crippen LogP contribution < -0.4 is 10.6 Å². The molecule has 2 N–H and O–H groups in total. The number of nitrogens with zero attached hydrogens (tertiary/aromatic N) is 1. The van der Waals surface area contributed by atoms with Crippen LogP contribution in [0, 0.1) is 0 Å². The van der Waals surface area contributed by atoms with Gasteiger partial charge in [-0.2, -0.15) is 0 Å². The molecule has 3 atom stereocenters. The summed E-state index contributed by atoms with van der Waals surface area (Å²) in [5, 5.41) is 0. The molecule has 1 fully saturated rings. The minimum Gasteiger partial charge on any atom is -0.375 e. The lowest BCUT2D eigenvalue weighted by Gasteiger charge is -2.39. The molecule has 0 spiro atoms. The average molecular weight is 327 g/mol. The Kier molecular flexibility index (Phi) is 4.87. The molecule has 1 aromatic carbocycles. The van der Waals surface area contributed by atoms with E-state index in [1.54, 1.807) is 0 Å². The van der Waals surface area contributed by atoms with Crippen LogP contribution in [0.1, 0.15) is 26.3 Å². The first kappa shape index (κ1) is 14.8. The zero-order valence-corrected chi connectivity index (χ0v) is 13.5. The highest BCUT2D eigenvalue weighted by Crippen LogP contribution is 2.31. The number of morpholine rings is 1. The molecule has 1 saturated heterocycles. The van der Waals surface area contributed by atoms with Crippen LogP contribution in [0.15, 0.2) is 22.7 Å². The van der Waals surface area contributed by atoms with Gasteiger partial charge in [-0.15, -0.1) is 0 Å². The summed E-state index contributed by atoms with van der Waals surface area (Å²) in [6, 6.07) is 7.16. The third-order valence-electron chi connectivity index (χ3n) is 3.49. The minimum absolute atomic E-state index is 0.195. The van der Waals surface area contributed by atoms with Gasteiger partial charge in [-0.1, -0.05) is 6.07 Å². The maximum Gasteiger partial charge on any atom is 0.0723 e. The molecule has 1 aliphatic rings. The van der Waals surface area contributed by atoms with E-state index in [-0.39, 0.29) is 12.1 Å². The summed E-state index contributed by atoms with van der Waals surface area (Å²) in [4.78, 5) is 2.41. The van der Waals surface area contributed by atoms with Crippen LogP contribution in [-0.2, 0) is 11.2 Å². The molecule has 0 aliphatic carbocycles. The lowest BCUT2D eigenvalue weighted by atomic mass is 10.1. The highest BCUT2D eigenvalue weighted by Gasteiger charge is 2.24. The van der Waals surface area contributed by atoms with E-state index in [0.717, 1.165) is 24.0 Å². The van der Waals surface area contributed by atoms with Gasteiger partial charge in [-0.25, -0.2) is 0 Å². The van der Waals surface area contributed by atoms with Crippen molar-refractivity contribution in [2.45, 2.75) is 45.4 Å². The number of ether oxygens (including phenoxy) is 1. The number of hydrogen-bond donors (Lipinski definition) is 1. The van der Waals surface area contributed by atoms with E-state index in [1.165, 1.54) is 11.3 Å². The number of anilines is 1. The second-order valence-corrected chi connectivity index (χ2v) is 6.47. The fourth-order valence-corrected chi connectivity index (χ4v) is 3.17. The molecule has 0 aromatic heterocycles. The van der Waals surface area contributed by atoms with Crippen LogP contribution in [0.4, 0.5) is 5.69 Å². The molecule has 3 unspecified atom stereocenters. The van der Waals surface area contributed by atoms with Gasteiger partial charge in [0.2, 0.25) is 0 Å². The second-order valence-electron chi connectivity index (χ2n) is 5.61. The summed E-state index contributed by atoms with van der Waals surface area (Å²) in [6.07, 6.45) is 1.19. The first-order chi connectivity index (χ1) is 8.97. The van der Waals surface area contributed by atoms with Gasteiger partial charge in [0.1, 0.15) is 0 Å². The van der Waals surface area contributed by atoms with Crippen molar-refractivity contribution in [1.82, 2.24) is 0 Å². The summed E-state index contributed by atoms with van der Waals surface area (Å²) in [5.41, 5.74) is 8.38. The van der Waals surface area contributed by atoms with Crippen molar-refractivity contribution in [3.05, 3.63) is 28.2 Å². The van der Waals surface area contributed by atoms with Crippen LogP contribution in [0.25, 0.3) is 0 Å². The molecular formula is C15H23BrN2O. The number of benzene rings is 1. The highest BCUT2D eigenvalue weighted by atomic mass is 79.9. The topological polar surface area (TPSA) is 38.5 Å². The standard InChI is InChI=1S/C15H23BrN2O/c1-10(17)6-13-4-5-15(14(16)7-13)18-8-12(3)19-9-11(18)2/h4-5,7,10-12H,6,8-9,17H2,1-3H3. The van der Waals surface area contributed by atoms with Crippen molar-refractivity contribution in [3.63, 3.8) is 0 Å². The van der Waals surface area contributed by atoms with E-state index in [9.17, 15) is 0 Å². The largest absolute Gasteiger partial charge is 0.375 e. The Bertz CT molecular complexity index is 436. The van der Waals surface area contributed by atoms with Crippen molar-refractivity contribution < 1.29 is 4.74 Å². The van der Waals surface area contributed by atoms with Gasteiger partial charge in [-0.3, -0.25) is 0 Å². The van der Waals surface area contributed by atoms with Gasteiger partial charge in [0.05, 0.1) is 18.4 Å². The third-order valence-corrected chi connectivity index (χ3v) is 4.12. The predicted molar refractivity (Wildman–Crippen MR) is 83.7 cm³/mol. The minimum atomic E-state index is 0.195. The van der Waals surface area contributed by atoms with E-state index in [0.29, 0.717) is 6.04 Å². The zero-order valence-electron chi connectivity index (χ0n) is 11.9. The van der Waals surface area contributed by atoms with Crippen LogP contribution in [0.5, 0.6) is 0 Å². The first-order valence-corrected chi connectivity index (χ1v) is 7.69. The summed E-state index contributed by atoms with van der Waals surface area (Å²) in [5.74, 6) is 0. The number of rotatable bonds is 3. The van der Waals surface area contributed by atoms with E-state index in [1.807, 2.05) is 6.92 Å². The fourth-order valence-electron chi connectivity index (χ4n) is 2.52. The maximum atomic E-state index is 5.85. The predicted octanol–water partition coefficient (Wildman–Crippen LogP) is 2.95. The van der Waals surface area contributed by atoms with Gasteiger partial charge in [0.25, 0.3) is 0 Å². The molecule has 1 aliphatic heterocycles. The lowest BCUT2D eigenvalue weighted by molar-refractivity contribution is 0.0343. The Balaban J connectivity index is 2.20. The van der Waals surface area contributed by atoms with E-state index in [2.05, 4.69) is 52.9 Å². The molecule has 0 radical (unpaired) electrons. The molecule has 4 heteroatoms. The fraction of sp³-hybridized carbons (Fsp3) is 0.600. The Morgan fingerprint density at radius 2 is 2.21 bits per heavy atom. The summed E-state index contributed by atoms with van der Waals surface area (Å²) >= 11 is 3.70. The van der Waals surface area contributed by atoms with Gasteiger partial charge in [0.15, 0.2) is 0 Å². The van der Waals surface area contributed by atoms with Crippen molar-refractivity contribution in [3.8, 4) is 0 Å². The SMILES string of the molecule is CC(N)Cc1ccc(N2CC(C)OCC2C)c(Br)c1. The molecular weight excluding hydrogens is 304 g/mol. The van der Waals surface area contributed by atoms with Gasteiger partial charge in [-0.05, 0) is 60.8 Å². The quantitative estimate of drug-likeness (QED) is 0.928. The summed E-state index contributed by atoms with van der Waals surface area (Å²) in [6.45, 7) is 8.08. The average Bonchev–Trinajstić information content (AvgIpc) is 2.32. The van der Waals surface area contributed by atoms with Crippen molar-refractivity contribution >= 4 is 21.6 Å². The zero-order chi connectivity index (χ0) is 14.0. The molecule has 1 heterocycles. The molecule has 0 bridgehead atoms. The van der Waals surface area contributed by atoms with E-state index in [4.69, 9.17) is 10.5 Å².